The van der Waals surface area contributed by atoms with Crippen LogP contribution in [0.1, 0.15) is 57.9 Å². The molecule has 0 aliphatic heterocycles. The van der Waals surface area contributed by atoms with Crippen molar-refractivity contribution in [1.29, 1.82) is 0 Å². The SMILES string of the molecule is CC(C)(CO)CCCNC(=O)C1(c2ccc(F)cc2)CCCC1. The van der Waals surface area contributed by atoms with Crippen molar-refractivity contribution in [3.63, 3.8) is 0 Å². The van der Waals surface area contributed by atoms with Gasteiger partial charge in [0, 0.05) is 13.2 Å². The van der Waals surface area contributed by atoms with Crippen LogP contribution in [0.15, 0.2) is 24.3 Å². The first-order valence-corrected chi connectivity index (χ1v) is 8.55. The minimum Gasteiger partial charge on any atom is -0.396 e. The number of hydrogen-bond acceptors (Lipinski definition) is 2. The van der Waals surface area contributed by atoms with Gasteiger partial charge in [-0.25, -0.2) is 4.39 Å². The normalized spacial score (nSPS) is 17.2. The number of carbonyl (C=O) groups is 1. The van der Waals surface area contributed by atoms with Gasteiger partial charge in [-0.2, -0.15) is 0 Å². The highest BCUT2D eigenvalue weighted by Gasteiger charge is 2.42. The average molecular weight is 321 g/mol. The molecule has 0 unspecified atom stereocenters. The van der Waals surface area contributed by atoms with Gasteiger partial charge in [-0.15, -0.1) is 0 Å². The zero-order valence-corrected chi connectivity index (χ0v) is 14.2. The maximum absolute atomic E-state index is 13.2. The first-order chi connectivity index (χ1) is 10.9. The Bertz CT molecular complexity index is 519. The van der Waals surface area contributed by atoms with Gasteiger partial charge in [-0.3, -0.25) is 4.79 Å². The molecule has 0 saturated heterocycles. The van der Waals surface area contributed by atoms with E-state index in [1.54, 1.807) is 12.1 Å². The highest BCUT2D eigenvalue weighted by atomic mass is 19.1. The van der Waals surface area contributed by atoms with E-state index in [2.05, 4.69) is 5.32 Å². The molecular formula is C19H28FNO2. The molecule has 128 valence electrons. The van der Waals surface area contributed by atoms with Crippen LogP contribution in [-0.2, 0) is 10.2 Å². The number of rotatable bonds is 7. The quantitative estimate of drug-likeness (QED) is 0.755. The van der Waals surface area contributed by atoms with Crippen LogP contribution in [0.3, 0.4) is 0 Å². The van der Waals surface area contributed by atoms with E-state index in [4.69, 9.17) is 0 Å². The lowest BCUT2D eigenvalue weighted by Gasteiger charge is -2.29. The van der Waals surface area contributed by atoms with Crippen molar-refractivity contribution in [2.45, 2.75) is 57.8 Å². The average Bonchev–Trinajstić information content (AvgIpc) is 3.03. The third-order valence-corrected chi connectivity index (χ3v) is 5.03. The van der Waals surface area contributed by atoms with Gasteiger partial charge in [0.1, 0.15) is 5.82 Å². The summed E-state index contributed by atoms with van der Waals surface area (Å²) < 4.78 is 13.2. The summed E-state index contributed by atoms with van der Waals surface area (Å²) in [5, 5.41) is 12.3. The van der Waals surface area contributed by atoms with Crippen molar-refractivity contribution in [3.05, 3.63) is 35.6 Å². The zero-order chi connectivity index (χ0) is 16.9. The van der Waals surface area contributed by atoms with E-state index in [0.717, 1.165) is 44.1 Å². The lowest BCUT2D eigenvalue weighted by atomic mass is 9.78. The third-order valence-electron chi connectivity index (χ3n) is 5.03. The summed E-state index contributed by atoms with van der Waals surface area (Å²) in [5.74, 6) is -0.211. The topological polar surface area (TPSA) is 49.3 Å². The molecule has 0 spiro atoms. The lowest BCUT2D eigenvalue weighted by molar-refractivity contribution is -0.126. The molecule has 0 heterocycles. The molecule has 1 aromatic rings. The van der Waals surface area contributed by atoms with Crippen LogP contribution in [0.4, 0.5) is 4.39 Å². The highest BCUT2D eigenvalue weighted by molar-refractivity contribution is 5.88. The van der Waals surface area contributed by atoms with Gasteiger partial charge in [-0.05, 0) is 48.8 Å². The van der Waals surface area contributed by atoms with Crippen molar-refractivity contribution >= 4 is 5.91 Å². The molecule has 1 fully saturated rings. The van der Waals surface area contributed by atoms with E-state index >= 15 is 0 Å². The van der Waals surface area contributed by atoms with Gasteiger partial charge in [0.15, 0.2) is 0 Å². The Labute approximate surface area is 138 Å². The molecule has 1 aliphatic rings. The smallest absolute Gasteiger partial charge is 0.230 e. The fraction of sp³-hybridized carbons (Fsp3) is 0.632. The monoisotopic (exact) mass is 321 g/mol. The van der Waals surface area contributed by atoms with E-state index in [1.807, 2.05) is 13.8 Å². The maximum Gasteiger partial charge on any atom is 0.230 e. The van der Waals surface area contributed by atoms with Crippen LogP contribution in [-0.4, -0.2) is 24.2 Å². The molecule has 1 saturated carbocycles. The lowest BCUT2D eigenvalue weighted by Crippen LogP contribution is -2.43. The number of benzene rings is 1. The zero-order valence-electron chi connectivity index (χ0n) is 14.2. The van der Waals surface area contributed by atoms with Crippen molar-refractivity contribution < 1.29 is 14.3 Å². The molecule has 4 heteroatoms. The standard InChI is InChI=1S/C19H28FNO2/c1-18(2,14-22)10-5-13-21-17(23)19(11-3-4-12-19)15-6-8-16(20)9-7-15/h6-9,22H,3-5,10-14H2,1-2H3,(H,21,23). The summed E-state index contributed by atoms with van der Waals surface area (Å²) in [7, 11) is 0. The van der Waals surface area contributed by atoms with E-state index in [9.17, 15) is 14.3 Å². The summed E-state index contributed by atoms with van der Waals surface area (Å²) in [4.78, 5) is 12.8. The summed E-state index contributed by atoms with van der Waals surface area (Å²) in [6.07, 6.45) is 5.43. The Hall–Kier alpha value is -1.42. The number of aliphatic hydroxyl groups excluding tert-OH is 1. The summed E-state index contributed by atoms with van der Waals surface area (Å²) in [6.45, 7) is 4.81. The molecule has 1 aromatic carbocycles. The summed E-state index contributed by atoms with van der Waals surface area (Å²) >= 11 is 0. The Kier molecular flexibility index (Phi) is 5.79. The Morgan fingerprint density at radius 1 is 1.26 bits per heavy atom. The first kappa shape index (κ1) is 17.9. The van der Waals surface area contributed by atoms with Gasteiger partial charge in [0.05, 0.1) is 5.41 Å². The fourth-order valence-electron chi connectivity index (χ4n) is 3.41. The number of aliphatic hydroxyl groups is 1. The molecule has 0 bridgehead atoms. The van der Waals surface area contributed by atoms with Crippen LogP contribution >= 0.6 is 0 Å². The summed E-state index contributed by atoms with van der Waals surface area (Å²) in [6, 6.07) is 6.36. The van der Waals surface area contributed by atoms with Crippen molar-refractivity contribution in [2.24, 2.45) is 5.41 Å². The molecule has 1 amide bonds. The van der Waals surface area contributed by atoms with E-state index in [0.29, 0.717) is 6.54 Å². The summed E-state index contributed by atoms with van der Waals surface area (Å²) in [5.41, 5.74) is 0.317. The minimum atomic E-state index is -0.500. The molecule has 2 rings (SSSR count). The number of halogens is 1. The van der Waals surface area contributed by atoms with Gasteiger partial charge < -0.3 is 10.4 Å². The van der Waals surface area contributed by atoms with Gasteiger partial charge in [-0.1, -0.05) is 38.8 Å². The van der Waals surface area contributed by atoms with Crippen LogP contribution in [0.2, 0.25) is 0 Å². The van der Waals surface area contributed by atoms with Crippen molar-refractivity contribution in [2.75, 3.05) is 13.2 Å². The molecule has 23 heavy (non-hydrogen) atoms. The third kappa shape index (κ3) is 4.31. The van der Waals surface area contributed by atoms with E-state index in [-0.39, 0.29) is 23.7 Å². The van der Waals surface area contributed by atoms with Crippen LogP contribution in [0.5, 0.6) is 0 Å². The predicted octanol–water partition coefficient (Wildman–Crippen LogP) is 3.55. The second kappa shape index (κ2) is 7.43. The molecule has 0 radical (unpaired) electrons. The van der Waals surface area contributed by atoms with Crippen LogP contribution in [0.25, 0.3) is 0 Å². The van der Waals surface area contributed by atoms with Gasteiger partial charge >= 0.3 is 0 Å². The second-order valence-electron chi connectivity index (χ2n) is 7.48. The highest BCUT2D eigenvalue weighted by Crippen LogP contribution is 2.41. The molecular weight excluding hydrogens is 293 g/mol. The Morgan fingerprint density at radius 2 is 1.87 bits per heavy atom. The van der Waals surface area contributed by atoms with E-state index < -0.39 is 5.41 Å². The van der Waals surface area contributed by atoms with Crippen molar-refractivity contribution in [1.82, 2.24) is 5.32 Å². The number of hydrogen-bond donors (Lipinski definition) is 2. The molecule has 0 aromatic heterocycles. The Balaban J connectivity index is 1.98. The molecule has 3 nitrogen and oxygen atoms in total. The van der Waals surface area contributed by atoms with Gasteiger partial charge in [0.25, 0.3) is 0 Å². The number of nitrogens with one attached hydrogen (secondary N) is 1. The minimum absolute atomic E-state index is 0.0587. The number of amides is 1. The fourth-order valence-corrected chi connectivity index (χ4v) is 3.41. The van der Waals surface area contributed by atoms with E-state index in [1.165, 1.54) is 12.1 Å². The Morgan fingerprint density at radius 3 is 2.43 bits per heavy atom. The maximum atomic E-state index is 13.2. The largest absolute Gasteiger partial charge is 0.396 e. The van der Waals surface area contributed by atoms with Crippen molar-refractivity contribution in [3.8, 4) is 0 Å². The van der Waals surface area contributed by atoms with Gasteiger partial charge in [0.2, 0.25) is 5.91 Å². The predicted molar refractivity (Wildman–Crippen MR) is 89.7 cm³/mol. The number of carbonyl (C=O) groups excluding carboxylic acids is 1. The molecule has 2 N–H and O–H groups in total. The first-order valence-electron chi connectivity index (χ1n) is 8.55. The van der Waals surface area contributed by atoms with Crippen LogP contribution < -0.4 is 5.32 Å². The second-order valence-corrected chi connectivity index (χ2v) is 7.48. The molecule has 1 aliphatic carbocycles. The molecule has 0 atom stereocenters. The van der Waals surface area contributed by atoms with Crippen LogP contribution in [0, 0.1) is 11.2 Å².